The Labute approximate surface area is 135 Å². The van der Waals surface area contributed by atoms with Crippen molar-refractivity contribution in [2.45, 2.75) is 105 Å². The maximum atomic E-state index is 2.42. The highest BCUT2D eigenvalue weighted by Crippen LogP contribution is 2.37. The molecule has 124 valence electrons. The summed E-state index contributed by atoms with van der Waals surface area (Å²) in [5.74, 6) is 0. The van der Waals surface area contributed by atoms with Crippen molar-refractivity contribution < 1.29 is 0 Å². The minimum atomic E-state index is 0.574. The summed E-state index contributed by atoms with van der Waals surface area (Å²) in [5, 5.41) is 0. The highest BCUT2D eigenvalue weighted by atomic mass is 14.3. The van der Waals surface area contributed by atoms with E-state index >= 15 is 0 Å². The second-order valence-corrected chi connectivity index (χ2v) is 6.51. The molecule has 0 unspecified atom stereocenters. The zero-order valence-corrected chi connectivity index (χ0v) is 15.3. The topological polar surface area (TPSA) is 0 Å². The van der Waals surface area contributed by atoms with Crippen molar-refractivity contribution in [2.75, 3.05) is 0 Å². The number of unbranched alkanes of at least 4 members (excludes halogenated alkanes) is 4. The molecule has 0 aliphatic heterocycles. The van der Waals surface area contributed by atoms with Crippen LogP contribution in [0.15, 0.2) is 24.3 Å². The van der Waals surface area contributed by atoms with E-state index in [0.29, 0.717) is 5.41 Å². The molecule has 0 amide bonds. The fourth-order valence-corrected chi connectivity index (χ4v) is 2.98. The Morgan fingerprint density at radius 1 is 0.571 bits per heavy atom. The molecule has 0 bridgehead atoms. The second kappa shape index (κ2) is 14.4. The summed E-state index contributed by atoms with van der Waals surface area (Å²) in [6, 6.07) is 0. The van der Waals surface area contributed by atoms with Gasteiger partial charge in [-0.3, -0.25) is 0 Å². The van der Waals surface area contributed by atoms with Gasteiger partial charge >= 0.3 is 0 Å². The van der Waals surface area contributed by atoms with Crippen LogP contribution in [0, 0.1) is 5.41 Å². The third-order valence-corrected chi connectivity index (χ3v) is 4.96. The normalized spacial score (nSPS) is 12.8. The van der Waals surface area contributed by atoms with Crippen LogP contribution in [0.1, 0.15) is 105 Å². The molecule has 0 rings (SSSR count). The van der Waals surface area contributed by atoms with Gasteiger partial charge in [-0.15, -0.1) is 0 Å². The summed E-state index contributed by atoms with van der Waals surface area (Å²) in [5.41, 5.74) is 0.574. The highest BCUT2D eigenvalue weighted by Gasteiger charge is 2.23. The Hall–Kier alpha value is -0.520. The van der Waals surface area contributed by atoms with Crippen molar-refractivity contribution in [2.24, 2.45) is 5.41 Å². The van der Waals surface area contributed by atoms with Crippen molar-refractivity contribution in [3.05, 3.63) is 24.3 Å². The number of rotatable bonds is 14. The molecule has 0 saturated heterocycles. The Morgan fingerprint density at radius 2 is 0.952 bits per heavy atom. The first-order chi connectivity index (χ1) is 10.2. The van der Waals surface area contributed by atoms with Crippen LogP contribution < -0.4 is 0 Å². The molecule has 0 aromatic heterocycles. The van der Waals surface area contributed by atoms with Gasteiger partial charge in [0.25, 0.3) is 0 Å². The van der Waals surface area contributed by atoms with Crippen molar-refractivity contribution in [3.8, 4) is 0 Å². The first-order valence-corrected chi connectivity index (χ1v) is 9.54. The van der Waals surface area contributed by atoms with Crippen LogP contribution in [0.4, 0.5) is 0 Å². The van der Waals surface area contributed by atoms with E-state index < -0.39 is 0 Å². The summed E-state index contributed by atoms with van der Waals surface area (Å²) in [7, 11) is 0. The van der Waals surface area contributed by atoms with Crippen LogP contribution in [0.25, 0.3) is 0 Å². The van der Waals surface area contributed by atoms with Crippen molar-refractivity contribution in [1.82, 2.24) is 0 Å². The van der Waals surface area contributed by atoms with Crippen LogP contribution in [0.5, 0.6) is 0 Å². The Balaban J connectivity index is 4.05. The third-order valence-electron chi connectivity index (χ3n) is 4.96. The number of hydrogen-bond donors (Lipinski definition) is 0. The zero-order valence-electron chi connectivity index (χ0n) is 15.3. The summed E-state index contributed by atoms with van der Waals surface area (Å²) >= 11 is 0. The van der Waals surface area contributed by atoms with E-state index in [4.69, 9.17) is 0 Å². The zero-order chi connectivity index (χ0) is 15.8. The molecule has 0 atom stereocenters. The predicted octanol–water partition coefficient (Wildman–Crippen LogP) is 7.85. The maximum Gasteiger partial charge on any atom is -0.0297 e. The third kappa shape index (κ3) is 10.8. The second-order valence-electron chi connectivity index (χ2n) is 6.51. The molecule has 21 heavy (non-hydrogen) atoms. The van der Waals surface area contributed by atoms with Gasteiger partial charge in [0, 0.05) is 0 Å². The van der Waals surface area contributed by atoms with Crippen molar-refractivity contribution in [1.29, 1.82) is 0 Å². The Morgan fingerprint density at radius 3 is 1.29 bits per heavy atom. The van der Waals surface area contributed by atoms with Crippen LogP contribution in [0.2, 0.25) is 0 Å². The van der Waals surface area contributed by atoms with E-state index in [1.807, 2.05) is 0 Å². The molecule has 0 aliphatic carbocycles. The summed E-state index contributed by atoms with van der Waals surface area (Å²) in [6.45, 7) is 9.29. The summed E-state index contributed by atoms with van der Waals surface area (Å²) < 4.78 is 0. The van der Waals surface area contributed by atoms with Crippen LogP contribution in [-0.2, 0) is 0 Å². The predicted molar refractivity (Wildman–Crippen MR) is 98.8 cm³/mol. The highest BCUT2D eigenvalue weighted by molar-refractivity contribution is 4.89. The number of allylic oxidation sites excluding steroid dienone is 4. The average molecular weight is 293 g/mol. The Bertz CT molecular complexity index is 231. The minimum Gasteiger partial charge on any atom is -0.0885 e. The van der Waals surface area contributed by atoms with E-state index in [9.17, 15) is 0 Å². The lowest BCUT2D eigenvalue weighted by atomic mass is 9.74. The lowest BCUT2D eigenvalue weighted by Crippen LogP contribution is -2.18. The van der Waals surface area contributed by atoms with E-state index in [0.717, 1.165) is 0 Å². The molecule has 0 N–H and O–H groups in total. The Kier molecular flexibility index (Phi) is 14.1. The first-order valence-electron chi connectivity index (χ1n) is 9.54. The molecule has 0 aliphatic rings. The molecule has 0 radical (unpaired) electrons. The monoisotopic (exact) mass is 292 g/mol. The summed E-state index contributed by atoms with van der Waals surface area (Å²) in [4.78, 5) is 0. The fraction of sp³-hybridized carbons (Fsp3) is 0.810. The quantitative estimate of drug-likeness (QED) is 0.226. The van der Waals surface area contributed by atoms with E-state index in [1.165, 1.54) is 77.0 Å². The van der Waals surface area contributed by atoms with Gasteiger partial charge in [-0.25, -0.2) is 0 Å². The lowest BCUT2D eigenvalue weighted by Gasteiger charge is -2.31. The van der Waals surface area contributed by atoms with E-state index in [-0.39, 0.29) is 0 Å². The van der Waals surface area contributed by atoms with Gasteiger partial charge in [0.2, 0.25) is 0 Å². The van der Waals surface area contributed by atoms with Crippen LogP contribution in [0.3, 0.4) is 0 Å². The fourth-order valence-electron chi connectivity index (χ4n) is 2.98. The van der Waals surface area contributed by atoms with Gasteiger partial charge in [-0.1, -0.05) is 90.5 Å². The largest absolute Gasteiger partial charge is 0.0885 e. The molecule has 0 heteroatoms. The van der Waals surface area contributed by atoms with Gasteiger partial charge in [-0.2, -0.15) is 0 Å². The minimum absolute atomic E-state index is 0.574. The van der Waals surface area contributed by atoms with Crippen molar-refractivity contribution >= 4 is 0 Å². The van der Waals surface area contributed by atoms with Gasteiger partial charge in [0.1, 0.15) is 0 Å². The van der Waals surface area contributed by atoms with E-state index in [2.05, 4.69) is 52.0 Å². The molecular formula is C21H40. The molecular weight excluding hydrogens is 252 g/mol. The standard InChI is InChI=1S/C21H40/c1-5-9-11-13-15-17-19-21(7-3,8-4)20-18-16-14-12-10-6-2/h13-16H,5-12,17-20H2,1-4H3/b15-13-,16-14-. The number of hydrogen-bond acceptors (Lipinski definition) is 0. The maximum absolute atomic E-state index is 2.42. The van der Waals surface area contributed by atoms with Gasteiger partial charge < -0.3 is 0 Å². The molecule has 0 aromatic rings. The SMILES string of the molecule is CCCC/C=C\CCC(CC)(CC)CC/C=C\CCCC. The molecule has 0 saturated carbocycles. The molecule has 0 heterocycles. The van der Waals surface area contributed by atoms with Crippen molar-refractivity contribution in [3.63, 3.8) is 0 Å². The lowest BCUT2D eigenvalue weighted by molar-refractivity contribution is 0.222. The molecule has 0 aromatic carbocycles. The molecule has 0 nitrogen and oxygen atoms in total. The van der Waals surface area contributed by atoms with Gasteiger partial charge in [-0.05, 0) is 43.9 Å². The van der Waals surface area contributed by atoms with E-state index in [1.54, 1.807) is 0 Å². The molecule has 0 fully saturated rings. The van der Waals surface area contributed by atoms with Crippen LogP contribution >= 0.6 is 0 Å². The molecule has 0 spiro atoms. The van der Waals surface area contributed by atoms with Gasteiger partial charge in [0.05, 0.1) is 0 Å². The average Bonchev–Trinajstić information content (AvgIpc) is 2.52. The van der Waals surface area contributed by atoms with Gasteiger partial charge in [0.15, 0.2) is 0 Å². The first kappa shape index (κ1) is 20.5. The van der Waals surface area contributed by atoms with Crippen LogP contribution in [-0.4, -0.2) is 0 Å². The smallest absolute Gasteiger partial charge is 0.0297 e. The summed E-state index contributed by atoms with van der Waals surface area (Å²) in [6.07, 6.45) is 25.4.